The number of nitrogens with two attached hydrogens (primary N) is 1. The van der Waals surface area contributed by atoms with Gasteiger partial charge in [-0.1, -0.05) is 5.16 Å². The van der Waals surface area contributed by atoms with E-state index in [-0.39, 0.29) is 18.5 Å². The molecule has 1 atom stereocenters. The minimum atomic E-state index is -0.105. The molecule has 0 aromatic heterocycles. The number of nitrogens with zero attached hydrogens (tertiary/aromatic N) is 2. The van der Waals surface area contributed by atoms with Crippen LogP contribution in [0, 0.1) is 0 Å². The number of rotatable bonds is 6. The Morgan fingerprint density at radius 1 is 1.43 bits per heavy atom. The number of amidine groups is 1. The summed E-state index contributed by atoms with van der Waals surface area (Å²) in [7, 11) is 0. The van der Waals surface area contributed by atoms with Crippen molar-refractivity contribution < 1.29 is 10.3 Å². The number of oxime groups is 1. The van der Waals surface area contributed by atoms with Gasteiger partial charge in [-0.2, -0.15) is 0 Å². The van der Waals surface area contributed by atoms with Crippen LogP contribution in [0.3, 0.4) is 0 Å². The predicted molar refractivity (Wildman–Crippen MR) is 56.4 cm³/mol. The van der Waals surface area contributed by atoms with Gasteiger partial charge in [-0.25, -0.2) is 0 Å². The van der Waals surface area contributed by atoms with E-state index in [1.807, 2.05) is 20.8 Å². The van der Waals surface area contributed by atoms with Crippen LogP contribution in [0.5, 0.6) is 0 Å². The molecule has 0 saturated heterocycles. The summed E-state index contributed by atoms with van der Waals surface area (Å²) in [4.78, 5) is 2.07. The van der Waals surface area contributed by atoms with Crippen molar-refractivity contribution in [3.8, 4) is 0 Å². The molecule has 0 aromatic rings. The summed E-state index contributed by atoms with van der Waals surface area (Å²) in [6, 6.07) is 0.198. The Bertz CT molecular complexity index is 183. The number of hydrogen-bond donors (Lipinski definition) is 3. The molecule has 0 spiro atoms. The zero-order valence-electron chi connectivity index (χ0n) is 9.14. The lowest BCUT2D eigenvalue weighted by Crippen LogP contribution is -2.47. The van der Waals surface area contributed by atoms with Crippen molar-refractivity contribution in [3.63, 3.8) is 0 Å². The molecule has 0 amide bonds. The molecule has 5 nitrogen and oxygen atoms in total. The van der Waals surface area contributed by atoms with Crippen LogP contribution in [0.1, 0.15) is 27.2 Å². The SMILES string of the molecule is CC(C)N(CCCO)C(C)C(N)=NO. The quantitative estimate of drug-likeness (QED) is 0.249. The monoisotopic (exact) mass is 203 g/mol. The standard InChI is InChI=1S/C9H21N3O2/c1-7(2)12(5-4-6-13)8(3)9(10)11-14/h7-8,13-14H,4-6H2,1-3H3,(H2,10,11). The van der Waals surface area contributed by atoms with E-state index in [0.717, 1.165) is 6.54 Å². The van der Waals surface area contributed by atoms with E-state index >= 15 is 0 Å². The maximum Gasteiger partial charge on any atom is 0.156 e. The molecule has 0 rings (SSSR count). The highest BCUT2D eigenvalue weighted by molar-refractivity contribution is 5.84. The first-order valence-corrected chi connectivity index (χ1v) is 4.88. The lowest BCUT2D eigenvalue weighted by atomic mass is 10.2. The van der Waals surface area contributed by atoms with Gasteiger partial charge in [0.25, 0.3) is 0 Å². The second-order valence-corrected chi connectivity index (χ2v) is 3.61. The van der Waals surface area contributed by atoms with Crippen LogP contribution in [0.25, 0.3) is 0 Å². The first-order valence-electron chi connectivity index (χ1n) is 4.88. The summed E-state index contributed by atoms with van der Waals surface area (Å²) in [5.74, 6) is 0.205. The van der Waals surface area contributed by atoms with E-state index in [1.165, 1.54) is 0 Å². The summed E-state index contributed by atoms with van der Waals surface area (Å²) in [5.41, 5.74) is 5.52. The summed E-state index contributed by atoms with van der Waals surface area (Å²) in [5, 5.41) is 20.3. The summed E-state index contributed by atoms with van der Waals surface area (Å²) in [6.07, 6.45) is 0.696. The van der Waals surface area contributed by atoms with Crippen molar-refractivity contribution in [1.29, 1.82) is 0 Å². The number of aliphatic hydroxyl groups excluding tert-OH is 1. The highest BCUT2D eigenvalue weighted by Crippen LogP contribution is 2.06. The molecule has 0 heterocycles. The van der Waals surface area contributed by atoms with E-state index in [1.54, 1.807) is 0 Å². The van der Waals surface area contributed by atoms with Crippen LogP contribution in [0.2, 0.25) is 0 Å². The van der Waals surface area contributed by atoms with Crippen molar-refractivity contribution in [2.45, 2.75) is 39.3 Å². The Morgan fingerprint density at radius 3 is 2.36 bits per heavy atom. The molecule has 0 radical (unpaired) electrons. The second kappa shape index (κ2) is 6.62. The van der Waals surface area contributed by atoms with Gasteiger partial charge < -0.3 is 16.0 Å². The van der Waals surface area contributed by atoms with Gasteiger partial charge in [0.15, 0.2) is 5.84 Å². The maximum absolute atomic E-state index is 8.74. The van der Waals surface area contributed by atoms with Gasteiger partial charge in [0, 0.05) is 19.2 Å². The van der Waals surface area contributed by atoms with Crippen LogP contribution in [0.15, 0.2) is 5.16 Å². The van der Waals surface area contributed by atoms with E-state index in [2.05, 4.69) is 10.1 Å². The summed E-state index contributed by atoms with van der Waals surface area (Å²) in [6.45, 7) is 6.86. The van der Waals surface area contributed by atoms with Gasteiger partial charge in [0.2, 0.25) is 0 Å². The third-order valence-electron chi connectivity index (χ3n) is 2.28. The van der Waals surface area contributed by atoms with E-state index in [4.69, 9.17) is 16.0 Å². The Balaban J connectivity index is 4.33. The molecule has 0 aliphatic carbocycles. The molecule has 0 aliphatic heterocycles. The molecule has 0 aromatic carbocycles. The average Bonchev–Trinajstić information content (AvgIpc) is 2.16. The Hall–Kier alpha value is -0.810. The van der Waals surface area contributed by atoms with Crippen LogP contribution in [0.4, 0.5) is 0 Å². The zero-order valence-corrected chi connectivity index (χ0v) is 9.14. The van der Waals surface area contributed by atoms with Crippen LogP contribution >= 0.6 is 0 Å². The molecule has 0 fully saturated rings. The Morgan fingerprint density at radius 2 is 2.00 bits per heavy atom. The van der Waals surface area contributed by atoms with Gasteiger partial charge in [-0.15, -0.1) is 0 Å². The number of aliphatic hydroxyl groups is 1. The zero-order chi connectivity index (χ0) is 11.1. The van der Waals surface area contributed by atoms with Crippen LogP contribution in [-0.2, 0) is 0 Å². The fraction of sp³-hybridized carbons (Fsp3) is 0.889. The minimum Gasteiger partial charge on any atom is -0.409 e. The molecule has 0 saturated carbocycles. The van der Waals surface area contributed by atoms with Crippen molar-refractivity contribution in [2.24, 2.45) is 10.9 Å². The third-order valence-corrected chi connectivity index (χ3v) is 2.28. The van der Waals surface area contributed by atoms with Crippen LogP contribution in [-0.4, -0.2) is 46.3 Å². The Kier molecular flexibility index (Phi) is 6.23. The predicted octanol–water partition coefficient (Wildman–Crippen LogP) is 0.214. The molecule has 14 heavy (non-hydrogen) atoms. The van der Waals surface area contributed by atoms with Crippen molar-refractivity contribution >= 4 is 5.84 Å². The normalized spacial score (nSPS) is 15.1. The average molecular weight is 203 g/mol. The molecule has 84 valence electrons. The van der Waals surface area contributed by atoms with Gasteiger partial charge in [-0.05, 0) is 27.2 Å². The molecule has 0 bridgehead atoms. The smallest absolute Gasteiger partial charge is 0.156 e. The lowest BCUT2D eigenvalue weighted by molar-refractivity contribution is 0.174. The molecule has 5 heteroatoms. The number of hydrogen-bond acceptors (Lipinski definition) is 4. The lowest BCUT2D eigenvalue weighted by Gasteiger charge is -2.31. The molecule has 1 unspecified atom stereocenters. The summed E-state index contributed by atoms with van der Waals surface area (Å²) >= 11 is 0. The highest BCUT2D eigenvalue weighted by Gasteiger charge is 2.19. The largest absolute Gasteiger partial charge is 0.409 e. The van der Waals surface area contributed by atoms with Gasteiger partial charge in [0.05, 0.1) is 6.04 Å². The molecule has 0 aliphatic rings. The Labute approximate surface area is 85.2 Å². The maximum atomic E-state index is 8.74. The summed E-state index contributed by atoms with van der Waals surface area (Å²) < 4.78 is 0. The molecule has 4 N–H and O–H groups in total. The van der Waals surface area contributed by atoms with Crippen LogP contribution < -0.4 is 5.73 Å². The fourth-order valence-electron chi connectivity index (χ4n) is 1.41. The molecular weight excluding hydrogens is 182 g/mol. The van der Waals surface area contributed by atoms with E-state index in [0.29, 0.717) is 12.5 Å². The van der Waals surface area contributed by atoms with Gasteiger partial charge in [0.1, 0.15) is 0 Å². The molecular formula is C9H21N3O2. The van der Waals surface area contributed by atoms with Gasteiger partial charge in [-0.3, -0.25) is 4.90 Å². The fourth-order valence-corrected chi connectivity index (χ4v) is 1.41. The first kappa shape index (κ1) is 13.2. The van der Waals surface area contributed by atoms with E-state index in [9.17, 15) is 0 Å². The van der Waals surface area contributed by atoms with Crippen molar-refractivity contribution in [1.82, 2.24) is 4.90 Å². The van der Waals surface area contributed by atoms with Gasteiger partial charge >= 0.3 is 0 Å². The highest BCUT2D eigenvalue weighted by atomic mass is 16.4. The first-order chi connectivity index (χ1) is 6.54. The third kappa shape index (κ3) is 3.93. The topological polar surface area (TPSA) is 82.1 Å². The minimum absolute atomic E-state index is 0.105. The van der Waals surface area contributed by atoms with Crippen molar-refractivity contribution in [3.05, 3.63) is 0 Å². The van der Waals surface area contributed by atoms with E-state index < -0.39 is 0 Å². The second-order valence-electron chi connectivity index (χ2n) is 3.61. The van der Waals surface area contributed by atoms with Crippen molar-refractivity contribution in [2.75, 3.05) is 13.2 Å².